The topological polar surface area (TPSA) is 55.1 Å². The molecule has 0 saturated carbocycles. The van der Waals surface area contributed by atoms with Crippen LogP contribution < -0.4 is 11.1 Å². The number of rotatable bonds is 2. The summed E-state index contributed by atoms with van der Waals surface area (Å²) in [5.74, 6) is -1.00. The molecule has 0 bridgehead atoms. The zero-order chi connectivity index (χ0) is 12.3. The van der Waals surface area contributed by atoms with Gasteiger partial charge in [-0.1, -0.05) is 20.8 Å². The minimum Gasteiger partial charge on any atom is -0.399 e. The van der Waals surface area contributed by atoms with Crippen molar-refractivity contribution < 1.29 is 9.18 Å². The van der Waals surface area contributed by atoms with E-state index in [2.05, 4.69) is 5.32 Å². The molecule has 1 aromatic rings. The zero-order valence-electron chi connectivity index (χ0n) is 9.80. The lowest BCUT2D eigenvalue weighted by Gasteiger charge is -2.18. The molecular weight excluding hydrogens is 207 g/mol. The van der Waals surface area contributed by atoms with Crippen LogP contribution in [0.25, 0.3) is 0 Å². The van der Waals surface area contributed by atoms with Crippen LogP contribution in [0.3, 0.4) is 0 Å². The van der Waals surface area contributed by atoms with Gasteiger partial charge in [0.15, 0.2) is 0 Å². The normalized spacial score (nSPS) is 11.2. The number of carbonyl (C=O) groups excluding carboxylic acids is 1. The average molecular weight is 224 g/mol. The van der Waals surface area contributed by atoms with Crippen molar-refractivity contribution in [1.29, 1.82) is 0 Å². The second-order valence-electron chi connectivity index (χ2n) is 4.98. The highest BCUT2D eigenvalue weighted by Gasteiger charge is 2.15. The SMILES string of the molecule is CC(C)(C)CNC(=O)c1ccc(N)cc1F. The van der Waals surface area contributed by atoms with Crippen molar-refractivity contribution in [2.75, 3.05) is 12.3 Å². The number of nitrogen functional groups attached to an aromatic ring is 1. The van der Waals surface area contributed by atoms with Crippen LogP contribution in [0.5, 0.6) is 0 Å². The Balaban J connectivity index is 2.74. The van der Waals surface area contributed by atoms with Crippen LogP contribution in [0.4, 0.5) is 10.1 Å². The van der Waals surface area contributed by atoms with Crippen LogP contribution in [0.2, 0.25) is 0 Å². The van der Waals surface area contributed by atoms with Crippen molar-refractivity contribution in [2.24, 2.45) is 5.41 Å². The first-order valence-electron chi connectivity index (χ1n) is 5.13. The van der Waals surface area contributed by atoms with Gasteiger partial charge in [0.2, 0.25) is 0 Å². The Morgan fingerprint density at radius 2 is 2.06 bits per heavy atom. The van der Waals surface area contributed by atoms with Crippen LogP contribution in [0.1, 0.15) is 31.1 Å². The molecule has 16 heavy (non-hydrogen) atoms. The molecule has 1 aromatic carbocycles. The predicted octanol–water partition coefficient (Wildman–Crippen LogP) is 2.18. The van der Waals surface area contributed by atoms with E-state index in [0.29, 0.717) is 12.2 Å². The first kappa shape index (κ1) is 12.5. The molecule has 88 valence electrons. The molecule has 1 amide bonds. The van der Waals surface area contributed by atoms with E-state index in [4.69, 9.17) is 5.73 Å². The van der Waals surface area contributed by atoms with Crippen LogP contribution in [-0.4, -0.2) is 12.5 Å². The molecule has 4 heteroatoms. The third-order valence-electron chi connectivity index (χ3n) is 2.02. The number of anilines is 1. The first-order valence-corrected chi connectivity index (χ1v) is 5.13. The Kier molecular flexibility index (Phi) is 3.52. The number of hydrogen-bond donors (Lipinski definition) is 2. The number of nitrogens with two attached hydrogens (primary N) is 1. The molecule has 1 rings (SSSR count). The summed E-state index contributed by atoms with van der Waals surface area (Å²) >= 11 is 0. The maximum absolute atomic E-state index is 13.4. The van der Waals surface area contributed by atoms with Gasteiger partial charge in [0.1, 0.15) is 5.82 Å². The minimum atomic E-state index is -0.591. The lowest BCUT2D eigenvalue weighted by molar-refractivity contribution is 0.0935. The second kappa shape index (κ2) is 4.51. The van der Waals surface area contributed by atoms with Crippen molar-refractivity contribution in [3.63, 3.8) is 0 Å². The lowest BCUT2D eigenvalue weighted by Crippen LogP contribution is -2.32. The Morgan fingerprint density at radius 1 is 1.44 bits per heavy atom. The van der Waals surface area contributed by atoms with Gasteiger partial charge in [0, 0.05) is 12.2 Å². The van der Waals surface area contributed by atoms with Crippen molar-refractivity contribution in [3.05, 3.63) is 29.6 Å². The summed E-state index contributed by atoms with van der Waals surface area (Å²) in [6, 6.07) is 4.05. The minimum absolute atomic E-state index is 0.0263. The summed E-state index contributed by atoms with van der Waals surface area (Å²) in [5.41, 5.74) is 5.71. The molecule has 3 N–H and O–H groups in total. The van der Waals surface area contributed by atoms with Crippen molar-refractivity contribution >= 4 is 11.6 Å². The summed E-state index contributed by atoms with van der Waals surface area (Å²) in [4.78, 5) is 11.6. The molecular formula is C12H17FN2O. The van der Waals surface area contributed by atoms with Gasteiger partial charge in [-0.2, -0.15) is 0 Å². The third-order valence-corrected chi connectivity index (χ3v) is 2.02. The van der Waals surface area contributed by atoms with Gasteiger partial charge < -0.3 is 11.1 Å². The van der Waals surface area contributed by atoms with E-state index in [1.165, 1.54) is 12.1 Å². The van der Waals surface area contributed by atoms with Gasteiger partial charge in [-0.25, -0.2) is 4.39 Å². The monoisotopic (exact) mass is 224 g/mol. The van der Waals surface area contributed by atoms with E-state index < -0.39 is 11.7 Å². The highest BCUT2D eigenvalue weighted by atomic mass is 19.1. The smallest absolute Gasteiger partial charge is 0.254 e. The molecule has 0 radical (unpaired) electrons. The first-order chi connectivity index (χ1) is 7.29. The van der Waals surface area contributed by atoms with Gasteiger partial charge in [-0.15, -0.1) is 0 Å². The van der Waals surface area contributed by atoms with E-state index in [1.54, 1.807) is 0 Å². The predicted molar refractivity (Wildman–Crippen MR) is 62.6 cm³/mol. The van der Waals surface area contributed by atoms with Gasteiger partial charge in [0.05, 0.1) is 5.56 Å². The third kappa shape index (κ3) is 3.53. The van der Waals surface area contributed by atoms with Gasteiger partial charge >= 0.3 is 0 Å². The molecule has 0 saturated heterocycles. The highest BCUT2D eigenvalue weighted by Crippen LogP contribution is 2.14. The lowest BCUT2D eigenvalue weighted by atomic mass is 9.97. The summed E-state index contributed by atoms with van der Waals surface area (Å²) in [5, 5.41) is 2.68. The van der Waals surface area contributed by atoms with Crippen LogP contribution in [-0.2, 0) is 0 Å². The molecule has 0 aliphatic heterocycles. The van der Waals surface area contributed by atoms with Gasteiger partial charge in [-0.3, -0.25) is 4.79 Å². The number of amides is 1. The second-order valence-corrected chi connectivity index (χ2v) is 4.98. The molecule has 0 fully saturated rings. The summed E-state index contributed by atoms with van der Waals surface area (Å²) in [7, 11) is 0. The zero-order valence-corrected chi connectivity index (χ0v) is 9.80. The van der Waals surface area contributed by atoms with Gasteiger partial charge in [-0.05, 0) is 23.6 Å². The van der Waals surface area contributed by atoms with Gasteiger partial charge in [0.25, 0.3) is 5.91 Å². The summed E-state index contributed by atoms with van der Waals surface area (Å²) in [6.07, 6.45) is 0. The van der Waals surface area contributed by atoms with Crippen LogP contribution in [0.15, 0.2) is 18.2 Å². The Bertz CT molecular complexity index is 396. The van der Waals surface area contributed by atoms with Crippen molar-refractivity contribution in [3.8, 4) is 0 Å². The molecule has 0 atom stereocenters. The fraction of sp³-hybridized carbons (Fsp3) is 0.417. The Morgan fingerprint density at radius 3 is 2.56 bits per heavy atom. The number of carbonyl (C=O) groups is 1. The number of hydrogen-bond acceptors (Lipinski definition) is 2. The van der Waals surface area contributed by atoms with Crippen molar-refractivity contribution in [2.45, 2.75) is 20.8 Å². The molecule has 0 aliphatic rings. The summed E-state index contributed by atoms with van der Waals surface area (Å²) in [6.45, 7) is 6.47. The molecule has 0 unspecified atom stereocenters. The maximum Gasteiger partial charge on any atom is 0.254 e. The average Bonchev–Trinajstić information content (AvgIpc) is 2.13. The van der Waals surface area contributed by atoms with Crippen LogP contribution in [0, 0.1) is 11.2 Å². The molecule has 0 heterocycles. The largest absolute Gasteiger partial charge is 0.399 e. The maximum atomic E-state index is 13.4. The molecule has 3 nitrogen and oxygen atoms in total. The fourth-order valence-corrected chi connectivity index (χ4v) is 1.16. The van der Waals surface area contributed by atoms with E-state index >= 15 is 0 Å². The number of nitrogens with one attached hydrogen (secondary N) is 1. The Hall–Kier alpha value is -1.58. The standard InChI is InChI=1S/C12H17FN2O/c1-12(2,3)7-15-11(16)9-5-4-8(14)6-10(9)13/h4-6H,7,14H2,1-3H3,(H,15,16). The fourth-order valence-electron chi connectivity index (χ4n) is 1.16. The summed E-state index contributed by atoms with van der Waals surface area (Å²) < 4.78 is 13.4. The number of halogens is 1. The van der Waals surface area contributed by atoms with E-state index in [1.807, 2.05) is 20.8 Å². The molecule has 0 aromatic heterocycles. The van der Waals surface area contributed by atoms with E-state index in [0.717, 1.165) is 6.07 Å². The molecule has 0 aliphatic carbocycles. The quantitative estimate of drug-likeness (QED) is 0.756. The Labute approximate surface area is 94.8 Å². The van der Waals surface area contributed by atoms with Crippen LogP contribution >= 0.6 is 0 Å². The van der Waals surface area contributed by atoms with E-state index in [9.17, 15) is 9.18 Å². The highest BCUT2D eigenvalue weighted by molar-refractivity contribution is 5.94. The van der Waals surface area contributed by atoms with E-state index in [-0.39, 0.29) is 11.0 Å². The van der Waals surface area contributed by atoms with Crippen molar-refractivity contribution in [1.82, 2.24) is 5.32 Å². The molecule has 0 spiro atoms. The number of benzene rings is 1.